The van der Waals surface area contributed by atoms with Crippen LogP contribution in [-0.2, 0) is 0 Å². The second-order valence-corrected chi connectivity index (χ2v) is 2.82. The molecule has 0 unspecified atom stereocenters. The molecule has 0 radical (unpaired) electrons. The Hall–Kier alpha value is -1.02. The van der Waals surface area contributed by atoms with Crippen LogP contribution in [0.4, 0.5) is 0 Å². The van der Waals surface area contributed by atoms with Crippen molar-refractivity contribution < 1.29 is 5.11 Å². The Morgan fingerprint density at radius 1 is 1.58 bits per heavy atom. The molecule has 2 nitrogen and oxygen atoms in total. The van der Waals surface area contributed by atoms with Gasteiger partial charge in [-0.1, -0.05) is 32.6 Å². The predicted octanol–water partition coefficient (Wildman–Crippen LogP) is 2.17. The highest BCUT2D eigenvalue weighted by Crippen LogP contribution is 1.94. The number of nitrogens with one attached hydrogen (secondary N) is 1. The van der Waals surface area contributed by atoms with Crippen molar-refractivity contribution in [2.45, 2.75) is 19.9 Å². The zero-order chi connectivity index (χ0) is 9.40. The third-order valence-corrected chi connectivity index (χ3v) is 1.37. The lowest BCUT2D eigenvalue weighted by atomic mass is 10.2. The fourth-order valence-electron chi connectivity index (χ4n) is 0.688. The van der Waals surface area contributed by atoms with Crippen LogP contribution in [0.3, 0.4) is 0 Å². The maximum Gasteiger partial charge on any atom is 0.0791 e. The van der Waals surface area contributed by atoms with Crippen molar-refractivity contribution in [2.24, 2.45) is 0 Å². The predicted molar refractivity (Wildman–Crippen MR) is 53.2 cm³/mol. The lowest BCUT2D eigenvalue weighted by Crippen LogP contribution is -2.24. The molecule has 0 aromatic rings. The number of aliphatic hydroxyl groups excluding tert-OH is 1. The van der Waals surface area contributed by atoms with Gasteiger partial charge in [0.1, 0.15) is 0 Å². The lowest BCUT2D eigenvalue weighted by Gasteiger charge is -2.07. The van der Waals surface area contributed by atoms with Crippen molar-refractivity contribution in [3.63, 3.8) is 0 Å². The van der Waals surface area contributed by atoms with Gasteiger partial charge in [0.15, 0.2) is 0 Å². The standard InChI is InChI=1S/C10H17NO/c1-4-10(6-5-7-12)8-11-9(2)3/h4-7,9,11-12H,1,8H2,2-3H3/b7-5+,10-6+. The van der Waals surface area contributed by atoms with E-state index in [4.69, 9.17) is 5.11 Å². The van der Waals surface area contributed by atoms with Gasteiger partial charge in [0.25, 0.3) is 0 Å². The van der Waals surface area contributed by atoms with E-state index >= 15 is 0 Å². The minimum absolute atomic E-state index is 0.464. The number of allylic oxidation sites excluding steroid dienone is 2. The van der Waals surface area contributed by atoms with Gasteiger partial charge in [0.05, 0.1) is 6.26 Å². The summed E-state index contributed by atoms with van der Waals surface area (Å²) in [5.41, 5.74) is 1.06. The second kappa shape index (κ2) is 6.68. The molecule has 2 N–H and O–H groups in total. The first-order chi connectivity index (χ1) is 5.70. The Morgan fingerprint density at radius 3 is 2.67 bits per heavy atom. The van der Waals surface area contributed by atoms with Crippen molar-refractivity contribution in [3.05, 3.63) is 36.6 Å². The van der Waals surface area contributed by atoms with E-state index in [-0.39, 0.29) is 0 Å². The van der Waals surface area contributed by atoms with Crippen LogP contribution >= 0.6 is 0 Å². The summed E-state index contributed by atoms with van der Waals surface area (Å²) in [6, 6.07) is 0.464. The first-order valence-electron chi connectivity index (χ1n) is 4.06. The molecular weight excluding hydrogens is 150 g/mol. The summed E-state index contributed by atoms with van der Waals surface area (Å²) in [7, 11) is 0. The van der Waals surface area contributed by atoms with Crippen LogP contribution < -0.4 is 5.32 Å². The third kappa shape index (κ3) is 5.74. The molecule has 0 aromatic heterocycles. The molecular formula is C10H17NO. The van der Waals surface area contributed by atoms with Gasteiger partial charge < -0.3 is 10.4 Å². The van der Waals surface area contributed by atoms with Crippen molar-refractivity contribution >= 4 is 0 Å². The van der Waals surface area contributed by atoms with Gasteiger partial charge in [-0.3, -0.25) is 0 Å². The van der Waals surface area contributed by atoms with Crippen molar-refractivity contribution in [1.29, 1.82) is 0 Å². The molecule has 0 aromatic carbocycles. The van der Waals surface area contributed by atoms with Crippen molar-refractivity contribution in [1.82, 2.24) is 5.32 Å². The number of hydrogen-bond acceptors (Lipinski definition) is 2. The smallest absolute Gasteiger partial charge is 0.0791 e. The van der Waals surface area contributed by atoms with Gasteiger partial charge in [-0.05, 0) is 11.6 Å². The Bertz CT molecular complexity index is 180. The molecule has 0 bridgehead atoms. The van der Waals surface area contributed by atoms with Crippen LogP contribution in [0, 0.1) is 0 Å². The minimum atomic E-state index is 0.464. The summed E-state index contributed by atoms with van der Waals surface area (Å²) in [4.78, 5) is 0. The summed E-state index contributed by atoms with van der Waals surface area (Å²) >= 11 is 0. The van der Waals surface area contributed by atoms with Crippen LogP contribution in [0.2, 0.25) is 0 Å². The minimum Gasteiger partial charge on any atom is -0.516 e. The van der Waals surface area contributed by atoms with E-state index in [0.717, 1.165) is 18.4 Å². The van der Waals surface area contributed by atoms with Gasteiger partial charge in [-0.25, -0.2) is 0 Å². The van der Waals surface area contributed by atoms with E-state index < -0.39 is 0 Å². The number of hydrogen-bond donors (Lipinski definition) is 2. The van der Waals surface area contributed by atoms with Gasteiger partial charge in [-0.2, -0.15) is 0 Å². The summed E-state index contributed by atoms with van der Waals surface area (Å²) in [5, 5.41) is 11.7. The molecule has 0 rings (SSSR count). The summed E-state index contributed by atoms with van der Waals surface area (Å²) in [6.07, 6.45) is 6.19. The molecule has 0 saturated heterocycles. The quantitative estimate of drug-likeness (QED) is 0.486. The molecule has 0 saturated carbocycles. The van der Waals surface area contributed by atoms with Crippen LogP contribution in [-0.4, -0.2) is 17.7 Å². The number of aliphatic hydroxyl groups is 1. The van der Waals surface area contributed by atoms with Crippen molar-refractivity contribution in [3.8, 4) is 0 Å². The van der Waals surface area contributed by atoms with E-state index in [2.05, 4.69) is 25.7 Å². The monoisotopic (exact) mass is 167 g/mol. The van der Waals surface area contributed by atoms with E-state index in [1.807, 2.05) is 6.08 Å². The fraction of sp³-hybridized carbons (Fsp3) is 0.400. The molecule has 0 amide bonds. The molecule has 68 valence electrons. The average Bonchev–Trinajstić information content (AvgIpc) is 2.05. The maximum atomic E-state index is 8.41. The number of rotatable bonds is 5. The van der Waals surface area contributed by atoms with Crippen LogP contribution in [0.25, 0.3) is 0 Å². The van der Waals surface area contributed by atoms with Gasteiger partial charge >= 0.3 is 0 Å². The Balaban J connectivity index is 3.91. The van der Waals surface area contributed by atoms with Crippen LogP contribution in [0.15, 0.2) is 36.6 Å². The molecule has 0 aliphatic heterocycles. The largest absolute Gasteiger partial charge is 0.516 e. The molecule has 0 heterocycles. The Labute approximate surface area is 74.3 Å². The van der Waals surface area contributed by atoms with E-state index in [1.54, 1.807) is 12.2 Å². The van der Waals surface area contributed by atoms with E-state index in [9.17, 15) is 0 Å². The highest BCUT2D eigenvalue weighted by molar-refractivity contribution is 5.22. The molecule has 12 heavy (non-hydrogen) atoms. The normalized spacial score (nSPS) is 12.8. The SMILES string of the molecule is C=C/C(=C\C=C\O)CNC(C)C. The van der Waals surface area contributed by atoms with Crippen LogP contribution in [0.5, 0.6) is 0 Å². The molecule has 0 aliphatic rings. The molecule has 0 aliphatic carbocycles. The van der Waals surface area contributed by atoms with Gasteiger partial charge in [-0.15, -0.1) is 0 Å². The van der Waals surface area contributed by atoms with Gasteiger partial charge in [0.2, 0.25) is 0 Å². The maximum absolute atomic E-state index is 8.41. The Morgan fingerprint density at radius 2 is 2.25 bits per heavy atom. The van der Waals surface area contributed by atoms with Crippen LogP contribution in [0.1, 0.15) is 13.8 Å². The highest BCUT2D eigenvalue weighted by Gasteiger charge is 1.92. The molecule has 0 spiro atoms. The highest BCUT2D eigenvalue weighted by atomic mass is 16.2. The molecule has 0 fully saturated rings. The summed E-state index contributed by atoms with van der Waals surface area (Å²) < 4.78 is 0. The fourth-order valence-corrected chi connectivity index (χ4v) is 0.688. The van der Waals surface area contributed by atoms with E-state index in [0.29, 0.717) is 6.04 Å². The van der Waals surface area contributed by atoms with Crippen molar-refractivity contribution in [2.75, 3.05) is 6.54 Å². The zero-order valence-corrected chi connectivity index (χ0v) is 7.75. The molecule has 2 heteroatoms. The average molecular weight is 167 g/mol. The second-order valence-electron chi connectivity index (χ2n) is 2.82. The first kappa shape index (κ1) is 11.0. The summed E-state index contributed by atoms with van der Waals surface area (Å²) in [6.45, 7) is 8.62. The first-order valence-corrected chi connectivity index (χ1v) is 4.06. The zero-order valence-electron chi connectivity index (χ0n) is 7.75. The summed E-state index contributed by atoms with van der Waals surface area (Å²) in [5.74, 6) is 0. The lowest BCUT2D eigenvalue weighted by molar-refractivity contribution is 0.473. The van der Waals surface area contributed by atoms with E-state index in [1.165, 1.54) is 0 Å². The Kier molecular flexibility index (Phi) is 6.11. The third-order valence-electron chi connectivity index (χ3n) is 1.37. The topological polar surface area (TPSA) is 32.3 Å². The van der Waals surface area contributed by atoms with Gasteiger partial charge in [0, 0.05) is 12.6 Å². The molecule has 0 atom stereocenters.